The molecular weight excluding hydrogens is 1340 g/mol. The van der Waals surface area contributed by atoms with Gasteiger partial charge in [-0.3, -0.25) is 47.9 Å². The number of methoxy groups -OCH3 is 2. The van der Waals surface area contributed by atoms with Crippen molar-refractivity contribution in [1.29, 1.82) is 0 Å². The maximum absolute atomic E-state index is 11.0. The lowest BCUT2D eigenvalue weighted by molar-refractivity contribution is -0.142. The van der Waals surface area contributed by atoms with E-state index in [9.17, 15) is 47.9 Å². The molecule has 6 amide bonds. The van der Waals surface area contributed by atoms with E-state index in [1.165, 1.54) is 14.2 Å². The fourth-order valence-electron chi connectivity index (χ4n) is 6.01. The summed E-state index contributed by atoms with van der Waals surface area (Å²) in [5.74, 6) is 0.948. The molecule has 0 saturated carbocycles. The number of carbonyl (C=O) groups excluding carboxylic acids is 10. The SMILES string of the molecule is CC(C)NCCC(=O)N(C)C.CC(C)NCCC(=O)N(C)C.CC(C)OCCC(=O)N(C)C.CC(C)OCCC(=O)N(C)C.CCC(=O)CCNC(C)C.CCC(=O)CCOC(C)C.CNC(=O)CCNC(C)C.CNC(=O)CCOC(C)C.COC(=O)CCNC(C)C.COC(=O)CCOC(C)C. The van der Waals surface area contributed by atoms with Crippen LogP contribution in [0.15, 0.2) is 0 Å². The number of ketones is 2. The summed E-state index contributed by atoms with van der Waals surface area (Å²) in [5.41, 5.74) is 0. The highest BCUT2D eigenvalue weighted by atomic mass is 16.5. The van der Waals surface area contributed by atoms with Gasteiger partial charge in [0.1, 0.15) is 11.6 Å². The second-order valence-corrected chi connectivity index (χ2v) is 27.1. The van der Waals surface area contributed by atoms with Crippen LogP contribution in [-0.4, -0.2) is 290 Å². The van der Waals surface area contributed by atoms with E-state index >= 15 is 0 Å². The van der Waals surface area contributed by atoms with Gasteiger partial charge in [0.2, 0.25) is 35.4 Å². The predicted molar refractivity (Wildman–Crippen MR) is 425 cm³/mol. The van der Waals surface area contributed by atoms with Gasteiger partial charge in [0.25, 0.3) is 0 Å². The molecule has 624 valence electrons. The molecule has 0 aromatic carbocycles. The van der Waals surface area contributed by atoms with Gasteiger partial charge in [-0.05, 0) is 69.2 Å². The summed E-state index contributed by atoms with van der Waals surface area (Å²) in [6, 6.07) is 2.31. The standard InChI is InChI=1S/2C8H18N2O.2C8H17NO2.C8H17NO.C8H16O2.C7H16N2O.2C7H15NO2.C7H14O3/c2*1-7(2)9-6-5-8(11)10(3)4;2*1-7(2)11-6-5-8(10)9(3)4;1-4-8(10)5-6-9-7(2)3;1-4-8(9)5-6-10-7(2)3;1-6(2)9-5-4-7(10)8-3;1-6(2)8-5-4-7(9)10-3;1-6(2)10-5-4-7(9)8-3;1-6(2)10-5-4-7(8)9-3/h2*7,9H,5-6H2,1-4H3;2*7H,5-6H2,1-4H3;7,9H,4-6H2,1-3H3;7H,4-6H2,1-3H3;6,9H,4-5H2,1-3H3,(H,8,10);6,8H,4-5H2,1-3H3;6H,4-5H2,1-3H3,(H,8,9);6H,4-5H2,1-3H3. The van der Waals surface area contributed by atoms with Crippen LogP contribution < -0.4 is 37.2 Å². The van der Waals surface area contributed by atoms with Gasteiger partial charge >= 0.3 is 11.9 Å². The van der Waals surface area contributed by atoms with Gasteiger partial charge in [-0.25, -0.2) is 0 Å². The summed E-state index contributed by atoms with van der Waals surface area (Å²) in [4.78, 5) is 114. The van der Waals surface area contributed by atoms with Gasteiger partial charge in [-0.15, -0.1) is 0 Å². The zero-order valence-corrected chi connectivity index (χ0v) is 72.6. The van der Waals surface area contributed by atoms with Crippen LogP contribution in [0.4, 0.5) is 0 Å². The lowest BCUT2D eigenvalue weighted by Crippen LogP contribution is -2.29. The summed E-state index contributed by atoms with van der Waals surface area (Å²) >= 11 is 0. The Labute approximate surface area is 634 Å². The van der Waals surface area contributed by atoms with Crippen molar-refractivity contribution >= 4 is 58.9 Å². The molecule has 0 aliphatic heterocycles. The molecule has 0 saturated heterocycles. The number of hydrogen-bond donors (Lipinski definition) is 7. The Morgan fingerprint density at radius 1 is 0.279 bits per heavy atom. The maximum Gasteiger partial charge on any atom is 0.307 e. The number of ether oxygens (including phenoxy) is 7. The molecule has 0 unspecified atom stereocenters. The van der Waals surface area contributed by atoms with Crippen molar-refractivity contribution < 1.29 is 81.1 Å². The molecule has 28 heteroatoms. The number of nitrogens with one attached hydrogen (secondary N) is 7. The monoisotopic (exact) mass is 1500 g/mol. The Morgan fingerprint density at radius 2 is 0.490 bits per heavy atom. The van der Waals surface area contributed by atoms with E-state index in [1.807, 2.05) is 96.9 Å². The van der Waals surface area contributed by atoms with Gasteiger partial charge < -0.3 is 90.0 Å². The highest BCUT2D eigenvalue weighted by molar-refractivity contribution is 5.79. The molecule has 0 radical (unpaired) electrons. The fraction of sp³-hybridized carbons (Fsp3) is 0.868. The Hall–Kier alpha value is -5.30. The molecule has 0 rings (SSSR count). The minimum absolute atomic E-state index is 0.0284. The van der Waals surface area contributed by atoms with Crippen molar-refractivity contribution in [3.63, 3.8) is 0 Å². The molecule has 7 N–H and O–H groups in total. The lowest BCUT2D eigenvalue weighted by atomic mass is 10.2. The smallest absolute Gasteiger partial charge is 0.307 e. The number of carbonyl (C=O) groups is 10. The van der Waals surface area contributed by atoms with Crippen LogP contribution in [0.5, 0.6) is 0 Å². The fourth-order valence-corrected chi connectivity index (χ4v) is 6.01. The minimum atomic E-state index is -0.222. The lowest BCUT2D eigenvalue weighted by Gasteiger charge is -2.11. The van der Waals surface area contributed by atoms with Crippen LogP contribution in [0.3, 0.4) is 0 Å². The number of esters is 2. The van der Waals surface area contributed by atoms with E-state index in [4.69, 9.17) is 23.7 Å². The summed E-state index contributed by atoms with van der Waals surface area (Å²) in [5, 5.41) is 20.9. The molecule has 0 heterocycles. The van der Waals surface area contributed by atoms with Gasteiger partial charge in [0.15, 0.2) is 0 Å². The zero-order valence-electron chi connectivity index (χ0n) is 72.6. The average Bonchev–Trinajstić information content (AvgIpc) is 2.81. The molecule has 28 nitrogen and oxygen atoms in total. The molecule has 0 aromatic heterocycles. The molecular formula is C76H163N11O17. The van der Waals surface area contributed by atoms with E-state index in [-0.39, 0.29) is 83.7 Å². The third-order valence-corrected chi connectivity index (χ3v) is 12.2. The first-order valence-corrected chi connectivity index (χ1v) is 37.3. The van der Waals surface area contributed by atoms with Crippen molar-refractivity contribution in [2.24, 2.45) is 0 Å². The van der Waals surface area contributed by atoms with Crippen LogP contribution >= 0.6 is 0 Å². The Morgan fingerprint density at radius 3 is 0.740 bits per heavy atom. The number of nitrogens with zero attached hydrogens (tertiary/aromatic N) is 4. The molecule has 0 spiro atoms. The predicted octanol–water partition coefficient (Wildman–Crippen LogP) is 8.03. The van der Waals surface area contributed by atoms with Gasteiger partial charge in [-0.2, -0.15) is 0 Å². The molecule has 0 aliphatic carbocycles. The van der Waals surface area contributed by atoms with Crippen LogP contribution in [0, 0.1) is 0 Å². The highest BCUT2D eigenvalue weighted by Crippen LogP contribution is 1.97. The Kier molecular flexibility index (Phi) is 99.7. The molecule has 0 atom stereocenters. The van der Waals surface area contributed by atoms with Crippen LogP contribution in [0.25, 0.3) is 0 Å². The molecule has 0 aliphatic rings. The van der Waals surface area contributed by atoms with E-state index in [2.05, 4.69) is 102 Å². The van der Waals surface area contributed by atoms with Crippen LogP contribution in [0.2, 0.25) is 0 Å². The van der Waals surface area contributed by atoms with Gasteiger partial charge in [0, 0.05) is 185 Å². The zero-order chi connectivity index (χ0) is 83.3. The van der Waals surface area contributed by atoms with Crippen molar-refractivity contribution in [1.82, 2.24) is 56.8 Å². The van der Waals surface area contributed by atoms with Crippen molar-refractivity contribution in [3.8, 4) is 0 Å². The molecule has 0 fully saturated rings. The van der Waals surface area contributed by atoms with Crippen molar-refractivity contribution in [3.05, 3.63) is 0 Å². The topological polar surface area (TPSA) is 332 Å². The number of hydrogen-bond acceptors (Lipinski definition) is 22. The van der Waals surface area contributed by atoms with E-state index in [0.717, 1.165) is 26.2 Å². The quantitative estimate of drug-likeness (QED) is 0.0284. The third kappa shape index (κ3) is 129. The Bertz CT molecular complexity index is 1690. The summed E-state index contributed by atoms with van der Waals surface area (Å²) in [6.07, 6.45) is 7.54. The average molecular weight is 1500 g/mol. The second kappa shape index (κ2) is 86.6. The first-order chi connectivity index (χ1) is 48.1. The second-order valence-electron chi connectivity index (χ2n) is 27.1. The number of rotatable bonds is 42. The first-order valence-electron chi connectivity index (χ1n) is 37.3. The number of Topliss-reactive ketones (excluding diaryl/α,β-unsaturated/α-hetero) is 2. The molecule has 0 bridgehead atoms. The maximum atomic E-state index is 11.0. The van der Waals surface area contributed by atoms with Crippen LogP contribution in [-0.2, 0) is 81.1 Å². The largest absolute Gasteiger partial charge is 0.469 e. The number of amides is 6. The van der Waals surface area contributed by atoms with E-state index < -0.39 is 0 Å². The summed E-state index contributed by atoms with van der Waals surface area (Å²) in [7, 11) is 20.1. The van der Waals surface area contributed by atoms with E-state index in [0.29, 0.717) is 153 Å². The van der Waals surface area contributed by atoms with Gasteiger partial charge in [-0.1, -0.05) is 83.1 Å². The molecule has 0 aromatic rings. The van der Waals surface area contributed by atoms with Crippen molar-refractivity contribution in [2.75, 3.05) is 150 Å². The van der Waals surface area contributed by atoms with Crippen LogP contribution in [0.1, 0.15) is 229 Å². The molecule has 104 heavy (non-hydrogen) atoms. The van der Waals surface area contributed by atoms with Gasteiger partial charge in [0.05, 0.1) is 103 Å². The third-order valence-electron chi connectivity index (χ3n) is 12.2. The Balaban J connectivity index is -0.000000118. The highest BCUT2D eigenvalue weighted by Gasteiger charge is 2.08. The minimum Gasteiger partial charge on any atom is -0.469 e. The van der Waals surface area contributed by atoms with Crippen molar-refractivity contribution in [2.45, 2.75) is 290 Å². The van der Waals surface area contributed by atoms with E-state index in [1.54, 1.807) is 90.1 Å². The summed E-state index contributed by atoms with van der Waals surface area (Å²) < 4.78 is 34.8. The normalized spacial score (nSPS) is 10.2. The first kappa shape index (κ1) is 120. The summed E-state index contributed by atoms with van der Waals surface area (Å²) in [6.45, 7) is 50.3.